The van der Waals surface area contributed by atoms with Crippen molar-refractivity contribution >= 4 is 23.2 Å². The maximum atomic E-state index is 12.9. The van der Waals surface area contributed by atoms with E-state index in [9.17, 15) is 18.0 Å². The molecule has 2 rings (SSSR count). The Morgan fingerprint density at radius 2 is 2.09 bits per heavy atom. The van der Waals surface area contributed by atoms with Gasteiger partial charge in [0.05, 0.1) is 12.8 Å². The molecule has 1 aromatic rings. The zero-order chi connectivity index (χ0) is 16.3. The monoisotopic (exact) mass is 316 g/mol. The maximum Gasteiger partial charge on any atom is 0.435 e. The lowest BCUT2D eigenvalue weighted by molar-refractivity contribution is -0.0584. The molecule has 0 saturated heterocycles. The minimum absolute atomic E-state index is 0.0603. The van der Waals surface area contributed by atoms with Gasteiger partial charge in [-0.1, -0.05) is 12.1 Å². The zero-order valence-corrected chi connectivity index (χ0v) is 11.2. The normalized spacial score (nSPS) is 14.6. The number of carboxylic acid groups (broad SMARTS) is 1. The van der Waals surface area contributed by atoms with Crippen molar-refractivity contribution in [2.45, 2.75) is 6.18 Å². The van der Waals surface area contributed by atoms with Crippen molar-refractivity contribution in [3.8, 4) is 0 Å². The molecule has 7 nitrogen and oxygen atoms in total. The smallest absolute Gasteiger partial charge is 0.435 e. The summed E-state index contributed by atoms with van der Waals surface area (Å²) in [5, 5.41) is 15.0. The van der Waals surface area contributed by atoms with Gasteiger partial charge < -0.3 is 9.84 Å². The SMILES string of the molecule is COC1=CC(C(F)(F)F)=NN(c2ccccc2NC(=O)O)N1. The summed E-state index contributed by atoms with van der Waals surface area (Å²) in [4.78, 5) is 10.7. The fourth-order valence-corrected chi connectivity index (χ4v) is 1.66. The van der Waals surface area contributed by atoms with Crippen LogP contribution in [0.15, 0.2) is 41.3 Å². The van der Waals surface area contributed by atoms with Gasteiger partial charge in [0.2, 0.25) is 5.88 Å². The summed E-state index contributed by atoms with van der Waals surface area (Å²) in [6, 6.07) is 5.84. The number of hydrazone groups is 1. The fourth-order valence-electron chi connectivity index (χ4n) is 1.66. The number of rotatable bonds is 3. The van der Waals surface area contributed by atoms with Crippen LogP contribution < -0.4 is 15.9 Å². The number of nitrogens with zero attached hydrogens (tertiary/aromatic N) is 2. The number of hydrogen-bond donors (Lipinski definition) is 3. The molecule has 1 amide bonds. The number of hydrogen-bond acceptors (Lipinski definition) is 5. The van der Waals surface area contributed by atoms with E-state index in [0.717, 1.165) is 5.12 Å². The molecule has 1 aromatic carbocycles. The number of anilines is 2. The Bertz CT molecular complexity index is 643. The topological polar surface area (TPSA) is 86.2 Å². The fraction of sp³-hybridized carbons (Fsp3) is 0.167. The third-order valence-electron chi connectivity index (χ3n) is 2.58. The van der Waals surface area contributed by atoms with Gasteiger partial charge in [0.15, 0.2) is 5.71 Å². The molecule has 1 aliphatic rings. The standard InChI is InChI=1S/C12H11F3N4O3/c1-22-10-6-9(12(13,14)15)17-19(18-10)8-5-3-2-4-7(8)16-11(20)21/h2-6,16,18H,1H3,(H,20,21). The number of hydrazine groups is 1. The second-order valence-electron chi connectivity index (χ2n) is 4.07. The van der Waals surface area contributed by atoms with Crippen molar-refractivity contribution in [2.24, 2.45) is 5.10 Å². The van der Waals surface area contributed by atoms with Crippen LogP contribution in [0.4, 0.5) is 29.3 Å². The number of methoxy groups -OCH3 is 1. The van der Waals surface area contributed by atoms with Crippen LogP contribution in [0.1, 0.15) is 0 Å². The Kier molecular flexibility index (Phi) is 4.11. The van der Waals surface area contributed by atoms with E-state index in [1.807, 2.05) is 0 Å². The van der Waals surface area contributed by atoms with Crippen molar-refractivity contribution in [1.82, 2.24) is 5.43 Å². The second kappa shape index (κ2) is 5.84. The van der Waals surface area contributed by atoms with Gasteiger partial charge in [0.25, 0.3) is 0 Å². The molecular formula is C12H11F3N4O3. The number of alkyl halides is 3. The molecule has 10 heteroatoms. The Morgan fingerprint density at radius 3 is 2.68 bits per heavy atom. The third kappa shape index (κ3) is 3.40. The molecule has 0 aliphatic carbocycles. The first kappa shape index (κ1) is 15.5. The molecule has 0 atom stereocenters. The summed E-state index contributed by atoms with van der Waals surface area (Å²) in [6.07, 6.45) is -5.34. The van der Waals surface area contributed by atoms with Gasteiger partial charge in [-0.2, -0.15) is 18.3 Å². The Balaban J connectivity index is 2.43. The highest BCUT2D eigenvalue weighted by molar-refractivity contribution is 6.01. The van der Waals surface area contributed by atoms with Crippen LogP contribution in [0.3, 0.4) is 0 Å². The lowest BCUT2D eigenvalue weighted by Gasteiger charge is -2.28. The molecule has 0 spiro atoms. The van der Waals surface area contributed by atoms with Gasteiger partial charge in [-0.25, -0.2) is 10.2 Å². The first-order valence-corrected chi connectivity index (χ1v) is 5.88. The van der Waals surface area contributed by atoms with Crippen LogP contribution >= 0.6 is 0 Å². The predicted octanol–water partition coefficient (Wildman–Crippen LogP) is 2.51. The van der Waals surface area contributed by atoms with Crippen molar-refractivity contribution in [3.05, 3.63) is 36.2 Å². The van der Waals surface area contributed by atoms with E-state index in [2.05, 4.69) is 15.8 Å². The molecule has 3 N–H and O–H groups in total. The number of allylic oxidation sites excluding steroid dienone is 1. The number of benzene rings is 1. The van der Waals surface area contributed by atoms with Crippen LogP contribution in [0.25, 0.3) is 0 Å². The lowest BCUT2D eigenvalue weighted by atomic mass is 10.2. The van der Waals surface area contributed by atoms with E-state index < -0.39 is 18.0 Å². The van der Waals surface area contributed by atoms with E-state index in [1.165, 1.54) is 31.4 Å². The zero-order valence-electron chi connectivity index (χ0n) is 11.2. The third-order valence-corrected chi connectivity index (χ3v) is 2.58. The molecule has 1 aliphatic heterocycles. The Morgan fingerprint density at radius 1 is 1.41 bits per heavy atom. The van der Waals surface area contributed by atoms with Crippen molar-refractivity contribution in [2.75, 3.05) is 17.5 Å². The van der Waals surface area contributed by atoms with Gasteiger partial charge >= 0.3 is 12.3 Å². The van der Waals surface area contributed by atoms with E-state index in [4.69, 9.17) is 9.84 Å². The molecule has 22 heavy (non-hydrogen) atoms. The van der Waals surface area contributed by atoms with Gasteiger partial charge in [-0.3, -0.25) is 5.32 Å². The van der Waals surface area contributed by atoms with Gasteiger partial charge in [0.1, 0.15) is 5.69 Å². The van der Waals surface area contributed by atoms with Gasteiger partial charge in [-0.15, -0.1) is 5.10 Å². The number of para-hydroxylation sites is 2. The lowest BCUT2D eigenvalue weighted by Crippen LogP contribution is -2.41. The number of amides is 1. The number of halogens is 3. The van der Waals surface area contributed by atoms with Crippen LogP contribution in [-0.4, -0.2) is 30.2 Å². The van der Waals surface area contributed by atoms with E-state index in [0.29, 0.717) is 6.08 Å². The summed E-state index contributed by atoms with van der Waals surface area (Å²) in [5.41, 5.74) is 1.44. The van der Waals surface area contributed by atoms with Crippen LogP contribution in [0.5, 0.6) is 0 Å². The van der Waals surface area contributed by atoms with Crippen LogP contribution in [-0.2, 0) is 4.74 Å². The van der Waals surface area contributed by atoms with Gasteiger partial charge in [0, 0.05) is 6.08 Å². The number of carbonyl (C=O) groups is 1. The average Bonchev–Trinajstić information content (AvgIpc) is 2.45. The minimum atomic E-state index is -4.68. The summed E-state index contributed by atoms with van der Waals surface area (Å²) in [6.45, 7) is 0. The molecule has 0 bridgehead atoms. The van der Waals surface area contributed by atoms with Crippen molar-refractivity contribution in [3.63, 3.8) is 0 Å². The molecular weight excluding hydrogens is 305 g/mol. The highest BCUT2D eigenvalue weighted by atomic mass is 19.4. The van der Waals surface area contributed by atoms with E-state index >= 15 is 0 Å². The largest absolute Gasteiger partial charge is 0.481 e. The Labute approximate surface area is 122 Å². The second-order valence-corrected chi connectivity index (χ2v) is 4.07. The number of ether oxygens (including phenoxy) is 1. The predicted molar refractivity (Wildman–Crippen MR) is 72.3 cm³/mol. The van der Waals surface area contributed by atoms with Crippen LogP contribution in [0, 0.1) is 0 Å². The summed E-state index contributed by atoms with van der Waals surface area (Å²) < 4.78 is 43.3. The number of nitrogens with one attached hydrogen (secondary N) is 2. The van der Waals surface area contributed by atoms with E-state index in [-0.39, 0.29) is 17.3 Å². The summed E-state index contributed by atoms with van der Waals surface area (Å²) >= 11 is 0. The molecule has 0 saturated carbocycles. The van der Waals surface area contributed by atoms with Crippen molar-refractivity contribution < 1.29 is 27.8 Å². The molecule has 118 valence electrons. The summed E-state index contributed by atoms with van der Waals surface area (Å²) in [5.74, 6) is -0.188. The Hall–Kier alpha value is -2.91. The quantitative estimate of drug-likeness (QED) is 0.798. The molecule has 1 heterocycles. The maximum absolute atomic E-state index is 12.9. The average molecular weight is 316 g/mol. The van der Waals surface area contributed by atoms with E-state index in [1.54, 1.807) is 0 Å². The molecule has 0 aromatic heterocycles. The highest BCUT2D eigenvalue weighted by Gasteiger charge is 2.38. The molecule has 0 fully saturated rings. The molecule has 0 unspecified atom stereocenters. The van der Waals surface area contributed by atoms with Crippen molar-refractivity contribution in [1.29, 1.82) is 0 Å². The first-order valence-electron chi connectivity index (χ1n) is 5.88. The summed E-state index contributed by atoms with van der Waals surface area (Å²) in [7, 11) is 1.19. The first-order chi connectivity index (χ1) is 10.3. The molecule has 0 radical (unpaired) electrons. The van der Waals surface area contributed by atoms with Crippen LogP contribution in [0.2, 0.25) is 0 Å². The highest BCUT2D eigenvalue weighted by Crippen LogP contribution is 2.29. The van der Waals surface area contributed by atoms with Gasteiger partial charge in [-0.05, 0) is 12.1 Å². The minimum Gasteiger partial charge on any atom is -0.481 e.